The van der Waals surface area contributed by atoms with Gasteiger partial charge in [0.25, 0.3) is 0 Å². The van der Waals surface area contributed by atoms with Crippen LogP contribution in [-0.4, -0.2) is 29.7 Å². The summed E-state index contributed by atoms with van der Waals surface area (Å²) in [5.41, 5.74) is 4.23. The average Bonchev–Trinajstić information content (AvgIpc) is 2.79. The Balaban J connectivity index is 2.28. The smallest absolute Gasteiger partial charge is 0.161 e. The maximum absolute atomic E-state index is 10.4. The third-order valence-corrected chi connectivity index (χ3v) is 4.73. The quantitative estimate of drug-likeness (QED) is 0.790. The number of hydrogen-bond acceptors (Lipinski definition) is 5. The first-order chi connectivity index (χ1) is 13.1. The molecule has 2 aromatic carbocycles. The van der Waals surface area contributed by atoms with Crippen molar-refractivity contribution >= 4 is 11.4 Å². The summed E-state index contributed by atoms with van der Waals surface area (Å²) in [4.78, 5) is 0. The van der Waals surface area contributed by atoms with Crippen molar-refractivity contribution in [2.24, 2.45) is 10.2 Å². The predicted octanol–water partition coefficient (Wildman–Crippen LogP) is 4.91. The van der Waals surface area contributed by atoms with E-state index in [-0.39, 0.29) is 11.7 Å². The van der Waals surface area contributed by atoms with E-state index < -0.39 is 0 Å². The zero-order valence-corrected chi connectivity index (χ0v) is 16.3. The molecule has 0 spiro atoms. The molecule has 0 radical (unpaired) electrons. The van der Waals surface area contributed by atoms with Crippen molar-refractivity contribution < 1.29 is 14.6 Å². The standard InChI is InChI=1S/C22H26N2O3/c1-5-15-14(4)23-24-22(16-10-8-9-11-19(16)25)18-13-21(27-7-3)20(26-6-2)12-17(15)18/h8-13,15,25H,5-7H2,1-4H3/t15-/m0/s1. The molecule has 0 saturated heterocycles. The summed E-state index contributed by atoms with van der Waals surface area (Å²) >= 11 is 0. The van der Waals surface area contributed by atoms with E-state index in [1.807, 2.05) is 45.0 Å². The van der Waals surface area contributed by atoms with Crippen LogP contribution in [0.1, 0.15) is 56.7 Å². The fourth-order valence-electron chi connectivity index (χ4n) is 3.47. The van der Waals surface area contributed by atoms with Gasteiger partial charge >= 0.3 is 0 Å². The van der Waals surface area contributed by atoms with Gasteiger partial charge in [0.2, 0.25) is 0 Å². The summed E-state index contributed by atoms with van der Waals surface area (Å²) in [6, 6.07) is 11.2. The van der Waals surface area contributed by atoms with Crippen molar-refractivity contribution in [1.82, 2.24) is 0 Å². The lowest BCUT2D eigenvalue weighted by atomic mass is 9.85. The molecule has 1 heterocycles. The van der Waals surface area contributed by atoms with Crippen LogP contribution in [0.2, 0.25) is 0 Å². The van der Waals surface area contributed by atoms with E-state index in [9.17, 15) is 5.11 Å². The van der Waals surface area contributed by atoms with Crippen molar-refractivity contribution in [1.29, 1.82) is 0 Å². The zero-order valence-electron chi connectivity index (χ0n) is 16.3. The molecule has 0 unspecified atom stereocenters. The van der Waals surface area contributed by atoms with Crippen molar-refractivity contribution in [3.05, 3.63) is 53.1 Å². The monoisotopic (exact) mass is 366 g/mol. The Bertz CT molecular complexity index is 887. The summed E-state index contributed by atoms with van der Waals surface area (Å²) in [6.07, 6.45) is 0.894. The summed E-state index contributed by atoms with van der Waals surface area (Å²) in [5.74, 6) is 1.71. The molecule has 0 fully saturated rings. The molecule has 5 heteroatoms. The maximum atomic E-state index is 10.4. The molecule has 5 nitrogen and oxygen atoms in total. The Kier molecular flexibility index (Phi) is 5.79. The van der Waals surface area contributed by atoms with Gasteiger partial charge in [0.1, 0.15) is 11.5 Å². The lowest BCUT2D eigenvalue weighted by Gasteiger charge is -2.21. The molecule has 1 atom stereocenters. The highest BCUT2D eigenvalue weighted by Gasteiger charge is 2.27. The molecule has 0 saturated carbocycles. The second-order valence-corrected chi connectivity index (χ2v) is 6.42. The van der Waals surface area contributed by atoms with Crippen LogP contribution in [0.3, 0.4) is 0 Å². The number of aromatic hydroxyl groups is 1. The van der Waals surface area contributed by atoms with Crippen LogP contribution in [0.4, 0.5) is 0 Å². The molecule has 3 rings (SSSR count). The van der Waals surface area contributed by atoms with E-state index in [1.165, 1.54) is 0 Å². The van der Waals surface area contributed by atoms with Gasteiger partial charge in [-0.25, -0.2) is 0 Å². The van der Waals surface area contributed by atoms with Crippen LogP contribution in [-0.2, 0) is 0 Å². The van der Waals surface area contributed by atoms with Crippen molar-refractivity contribution in [3.63, 3.8) is 0 Å². The van der Waals surface area contributed by atoms with Gasteiger partial charge < -0.3 is 14.6 Å². The summed E-state index contributed by atoms with van der Waals surface area (Å²) in [6.45, 7) is 9.13. The first kappa shape index (κ1) is 19.0. The second kappa shape index (κ2) is 8.25. The van der Waals surface area contributed by atoms with Crippen molar-refractivity contribution in [3.8, 4) is 17.2 Å². The molecular formula is C22H26N2O3. The highest BCUT2D eigenvalue weighted by Crippen LogP contribution is 2.39. The second-order valence-electron chi connectivity index (χ2n) is 6.42. The molecular weight excluding hydrogens is 340 g/mol. The Labute approximate surface area is 160 Å². The minimum Gasteiger partial charge on any atom is -0.507 e. The molecule has 142 valence electrons. The van der Waals surface area contributed by atoms with E-state index >= 15 is 0 Å². The van der Waals surface area contributed by atoms with Gasteiger partial charge in [-0.1, -0.05) is 19.1 Å². The van der Waals surface area contributed by atoms with Gasteiger partial charge in [-0.2, -0.15) is 5.10 Å². The van der Waals surface area contributed by atoms with Gasteiger partial charge in [0, 0.05) is 22.8 Å². The average molecular weight is 366 g/mol. The van der Waals surface area contributed by atoms with E-state index in [4.69, 9.17) is 9.47 Å². The number of phenols is 1. The molecule has 1 aliphatic rings. The fourth-order valence-corrected chi connectivity index (χ4v) is 3.47. The predicted molar refractivity (Wildman–Crippen MR) is 109 cm³/mol. The van der Waals surface area contributed by atoms with Gasteiger partial charge in [-0.05, 0) is 57.0 Å². The Morgan fingerprint density at radius 3 is 2.22 bits per heavy atom. The highest BCUT2D eigenvalue weighted by molar-refractivity contribution is 6.17. The van der Waals surface area contributed by atoms with Gasteiger partial charge in [0.15, 0.2) is 11.5 Å². The van der Waals surface area contributed by atoms with E-state index in [2.05, 4.69) is 17.1 Å². The zero-order chi connectivity index (χ0) is 19.4. The number of para-hydroxylation sites is 1. The molecule has 0 amide bonds. The summed E-state index contributed by atoms with van der Waals surface area (Å²) in [5, 5.41) is 19.3. The number of fused-ring (bicyclic) bond motifs is 1. The van der Waals surface area contributed by atoms with Crippen LogP contribution >= 0.6 is 0 Å². The Morgan fingerprint density at radius 2 is 1.59 bits per heavy atom. The first-order valence-corrected chi connectivity index (χ1v) is 9.45. The van der Waals surface area contributed by atoms with Gasteiger partial charge in [0.05, 0.1) is 13.2 Å². The van der Waals surface area contributed by atoms with E-state index in [0.717, 1.165) is 29.0 Å². The van der Waals surface area contributed by atoms with Crippen LogP contribution in [0, 0.1) is 0 Å². The highest BCUT2D eigenvalue weighted by atomic mass is 16.5. The van der Waals surface area contributed by atoms with E-state index in [1.54, 1.807) is 12.1 Å². The summed E-state index contributed by atoms with van der Waals surface area (Å²) in [7, 11) is 0. The van der Waals surface area contributed by atoms with E-state index in [0.29, 0.717) is 30.2 Å². The minimum atomic E-state index is 0.127. The Morgan fingerprint density at radius 1 is 0.926 bits per heavy atom. The maximum Gasteiger partial charge on any atom is 0.161 e. The normalized spacial score (nSPS) is 16.1. The number of benzene rings is 2. The molecule has 0 aromatic heterocycles. The minimum absolute atomic E-state index is 0.127. The third kappa shape index (κ3) is 3.68. The van der Waals surface area contributed by atoms with Gasteiger partial charge in [-0.3, -0.25) is 0 Å². The largest absolute Gasteiger partial charge is 0.507 e. The van der Waals surface area contributed by atoms with Crippen LogP contribution in [0.5, 0.6) is 17.2 Å². The molecule has 2 aromatic rings. The molecule has 0 aliphatic carbocycles. The molecule has 27 heavy (non-hydrogen) atoms. The first-order valence-electron chi connectivity index (χ1n) is 9.45. The lowest BCUT2D eigenvalue weighted by Crippen LogP contribution is -2.13. The van der Waals surface area contributed by atoms with Crippen molar-refractivity contribution in [2.45, 2.75) is 40.0 Å². The fraction of sp³-hybridized carbons (Fsp3) is 0.364. The van der Waals surface area contributed by atoms with Crippen LogP contribution in [0.25, 0.3) is 0 Å². The van der Waals surface area contributed by atoms with Crippen molar-refractivity contribution in [2.75, 3.05) is 13.2 Å². The topological polar surface area (TPSA) is 63.4 Å². The number of hydrogen-bond donors (Lipinski definition) is 1. The van der Waals surface area contributed by atoms with Gasteiger partial charge in [-0.15, -0.1) is 5.10 Å². The molecule has 1 aliphatic heterocycles. The van der Waals surface area contributed by atoms with Crippen LogP contribution < -0.4 is 9.47 Å². The number of ether oxygens (including phenoxy) is 2. The molecule has 0 bridgehead atoms. The number of phenolic OH excluding ortho intramolecular Hbond substituents is 1. The lowest BCUT2D eigenvalue weighted by molar-refractivity contribution is 0.287. The summed E-state index contributed by atoms with van der Waals surface area (Å²) < 4.78 is 11.7. The Hall–Kier alpha value is -2.82. The van der Waals surface area contributed by atoms with Crippen LogP contribution in [0.15, 0.2) is 46.6 Å². The third-order valence-electron chi connectivity index (χ3n) is 4.73. The number of nitrogens with zero attached hydrogens (tertiary/aromatic N) is 2. The SMILES string of the molecule is CCOc1cc2c(cc1OCC)[C@@H](CC)C(C)=NN=C2c1ccccc1O. The molecule has 1 N–H and O–H groups in total. The number of rotatable bonds is 6.